The highest BCUT2D eigenvalue weighted by Gasteiger charge is 2.22. The Bertz CT molecular complexity index is 841. The fourth-order valence-electron chi connectivity index (χ4n) is 2.66. The van der Waals surface area contributed by atoms with Crippen molar-refractivity contribution >= 4 is 21.6 Å². The molecule has 0 aliphatic rings. The van der Waals surface area contributed by atoms with Crippen molar-refractivity contribution in [2.75, 3.05) is 25.5 Å². The zero-order valence-corrected chi connectivity index (χ0v) is 16.8. The van der Waals surface area contributed by atoms with Crippen molar-refractivity contribution in [2.45, 2.75) is 31.6 Å². The van der Waals surface area contributed by atoms with Crippen molar-refractivity contribution < 1.29 is 17.9 Å². The number of rotatable bonds is 9. The van der Waals surface area contributed by atoms with Crippen LogP contribution in [0.5, 0.6) is 5.75 Å². The Kier molecular flexibility index (Phi) is 7.38. The zero-order chi connectivity index (χ0) is 19.9. The van der Waals surface area contributed by atoms with E-state index >= 15 is 0 Å². The fraction of sp³-hybridized carbons (Fsp3) is 0.350. The number of nitrogens with one attached hydrogen (secondary N) is 1. The molecule has 0 spiro atoms. The molecule has 2 aromatic carbocycles. The van der Waals surface area contributed by atoms with Gasteiger partial charge >= 0.3 is 0 Å². The predicted molar refractivity (Wildman–Crippen MR) is 107 cm³/mol. The van der Waals surface area contributed by atoms with Crippen LogP contribution in [-0.2, 0) is 10.0 Å². The molecule has 0 fully saturated rings. The summed E-state index contributed by atoms with van der Waals surface area (Å²) in [6, 6.07) is 13.0. The summed E-state index contributed by atoms with van der Waals surface area (Å²) in [4.78, 5) is 12.5. The van der Waals surface area contributed by atoms with Gasteiger partial charge in [-0.15, -0.1) is 0 Å². The second-order valence-corrected chi connectivity index (χ2v) is 8.05. The number of sulfonamides is 1. The molecule has 1 amide bonds. The third kappa shape index (κ3) is 5.30. The molecule has 2 aromatic rings. The molecule has 2 rings (SSSR count). The molecule has 0 saturated heterocycles. The number of nitrogens with zero attached hydrogens (tertiary/aromatic N) is 1. The highest BCUT2D eigenvalue weighted by molar-refractivity contribution is 7.89. The maximum atomic E-state index is 12.8. The number of amides is 1. The number of ether oxygens (including phenoxy) is 1. The predicted octanol–water partition coefficient (Wildman–Crippen LogP) is 3.76. The smallest absolute Gasteiger partial charge is 0.255 e. The quantitative estimate of drug-likeness (QED) is 0.707. The number of methoxy groups -OCH3 is 1. The zero-order valence-electron chi connectivity index (χ0n) is 15.9. The van der Waals surface area contributed by atoms with Gasteiger partial charge in [0.25, 0.3) is 5.91 Å². The average molecular weight is 391 g/mol. The van der Waals surface area contributed by atoms with Gasteiger partial charge in [0.1, 0.15) is 5.75 Å². The van der Waals surface area contributed by atoms with Crippen molar-refractivity contribution in [3.63, 3.8) is 0 Å². The van der Waals surface area contributed by atoms with Crippen LogP contribution in [0.1, 0.15) is 37.0 Å². The Morgan fingerprint density at radius 1 is 0.963 bits per heavy atom. The minimum Gasteiger partial charge on any atom is -0.497 e. The van der Waals surface area contributed by atoms with Crippen molar-refractivity contribution in [1.82, 2.24) is 4.31 Å². The van der Waals surface area contributed by atoms with Gasteiger partial charge in [0.05, 0.1) is 12.0 Å². The van der Waals surface area contributed by atoms with Crippen LogP contribution in [0.4, 0.5) is 5.69 Å². The second kappa shape index (κ2) is 9.53. The molecule has 7 heteroatoms. The minimum atomic E-state index is -3.52. The SMILES string of the molecule is CCCN(CCC)S(=O)(=O)c1ccc(NC(=O)c2ccc(OC)cc2)cc1. The number of anilines is 1. The van der Waals surface area contributed by atoms with E-state index < -0.39 is 10.0 Å². The molecule has 0 aliphatic heterocycles. The van der Waals surface area contributed by atoms with E-state index in [4.69, 9.17) is 4.74 Å². The normalized spacial score (nSPS) is 11.4. The van der Waals surface area contributed by atoms with Crippen LogP contribution in [0.25, 0.3) is 0 Å². The van der Waals surface area contributed by atoms with Gasteiger partial charge < -0.3 is 10.1 Å². The molecule has 1 N–H and O–H groups in total. The van der Waals surface area contributed by atoms with E-state index in [1.165, 1.54) is 16.4 Å². The lowest BCUT2D eigenvalue weighted by Crippen LogP contribution is -2.32. The molecule has 0 bridgehead atoms. The summed E-state index contributed by atoms with van der Waals surface area (Å²) in [5.74, 6) is 0.400. The van der Waals surface area contributed by atoms with E-state index in [1.54, 1.807) is 43.5 Å². The van der Waals surface area contributed by atoms with Gasteiger partial charge in [0.2, 0.25) is 10.0 Å². The molecule has 0 aromatic heterocycles. The summed E-state index contributed by atoms with van der Waals surface area (Å²) in [5, 5.41) is 2.77. The molecule has 27 heavy (non-hydrogen) atoms. The molecule has 0 atom stereocenters. The Morgan fingerprint density at radius 3 is 2.00 bits per heavy atom. The number of carbonyl (C=O) groups excluding carboxylic acids is 1. The summed E-state index contributed by atoms with van der Waals surface area (Å²) < 4.78 is 32.1. The first-order chi connectivity index (χ1) is 12.9. The second-order valence-electron chi connectivity index (χ2n) is 6.11. The summed E-state index contributed by atoms with van der Waals surface area (Å²) >= 11 is 0. The van der Waals surface area contributed by atoms with Crippen LogP contribution < -0.4 is 10.1 Å². The molecule has 6 nitrogen and oxygen atoms in total. The molecule has 0 heterocycles. The van der Waals surface area contributed by atoms with Crippen molar-refractivity contribution in [2.24, 2.45) is 0 Å². The number of carbonyl (C=O) groups is 1. The Balaban J connectivity index is 2.12. The molecule has 146 valence electrons. The number of hydrogen-bond donors (Lipinski definition) is 1. The Hall–Kier alpha value is -2.38. The lowest BCUT2D eigenvalue weighted by atomic mass is 10.2. The van der Waals surface area contributed by atoms with Crippen LogP contribution >= 0.6 is 0 Å². The largest absolute Gasteiger partial charge is 0.497 e. The lowest BCUT2D eigenvalue weighted by Gasteiger charge is -2.21. The summed E-state index contributed by atoms with van der Waals surface area (Å²) in [5.41, 5.74) is 1.02. The van der Waals surface area contributed by atoms with Crippen LogP contribution in [0.2, 0.25) is 0 Å². The molecule has 0 aliphatic carbocycles. The third-order valence-electron chi connectivity index (χ3n) is 4.05. The van der Waals surface area contributed by atoms with Gasteiger partial charge in [-0.3, -0.25) is 4.79 Å². The van der Waals surface area contributed by atoms with Gasteiger partial charge in [0, 0.05) is 24.3 Å². The van der Waals surface area contributed by atoms with E-state index in [-0.39, 0.29) is 10.8 Å². The highest BCUT2D eigenvalue weighted by Crippen LogP contribution is 2.20. The number of hydrogen-bond acceptors (Lipinski definition) is 4. The third-order valence-corrected chi connectivity index (χ3v) is 5.96. The van der Waals surface area contributed by atoms with E-state index in [0.717, 1.165) is 12.8 Å². The topological polar surface area (TPSA) is 75.7 Å². The standard InChI is InChI=1S/C20H26N2O4S/c1-4-14-22(15-5-2)27(24,25)19-12-8-17(9-13-19)21-20(23)16-6-10-18(26-3)11-7-16/h6-13H,4-5,14-15H2,1-3H3,(H,21,23). The van der Waals surface area contributed by atoms with Gasteiger partial charge in [0.15, 0.2) is 0 Å². The van der Waals surface area contributed by atoms with Crippen LogP contribution in [0.15, 0.2) is 53.4 Å². The lowest BCUT2D eigenvalue weighted by molar-refractivity contribution is 0.102. The maximum absolute atomic E-state index is 12.8. The first-order valence-corrected chi connectivity index (χ1v) is 10.4. The van der Waals surface area contributed by atoms with E-state index in [9.17, 15) is 13.2 Å². The summed E-state index contributed by atoms with van der Waals surface area (Å²) in [7, 11) is -1.96. The van der Waals surface area contributed by atoms with Crippen molar-refractivity contribution in [3.8, 4) is 5.75 Å². The van der Waals surface area contributed by atoms with Crippen molar-refractivity contribution in [3.05, 3.63) is 54.1 Å². The summed E-state index contributed by atoms with van der Waals surface area (Å²) in [6.45, 7) is 4.89. The van der Waals surface area contributed by atoms with Crippen LogP contribution in [-0.4, -0.2) is 38.8 Å². The molecular formula is C20H26N2O4S. The van der Waals surface area contributed by atoms with Gasteiger partial charge in [-0.1, -0.05) is 13.8 Å². The molecule has 0 saturated carbocycles. The first-order valence-electron chi connectivity index (χ1n) is 8.98. The Morgan fingerprint density at radius 2 is 1.52 bits per heavy atom. The van der Waals surface area contributed by atoms with E-state index in [0.29, 0.717) is 30.1 Å². The van der Waals surface area contributed by atoms with Gasteiger partial charge in [-0.2, -0.15) is 4.31 Å². The minimum absolute atomic E-state index is 0.229. The van der Waals surface area contributed by atoms with Crippen LogP contribution in [0.3, 0.4) is 0 Å². The molecule has 0 radical (unpaired) electrons. The fourth-order valence-corrected chi connectivity index (χ4v) is 4.28. The van der Waals surface area contributed by atoms with Gasteiger partial charge in [-0.05, 0) is 61.4 Å². The van der Waals surface area contributed by atoms with Gasteiger partial charge in [-0.25, -0.2) is 8.42 Å². The maximum Gasteiger partial charge on any atom is 0.255 e. The summed E-state index contributed by atoms with van der Waals surface area (Å²) in [6.07, 6.45) is 1.52. The molecule has 0 unspecified atom stereocenters. The number of benzene rings is 2. The van der Waals surface area contributed by atoms with E-state index in [1.807, 2.05) is 13.8 Å². The Labute approximate surface area is 161 Å². The van der Waals surface area contributed by atoms with Crippen LogP contribution in [0, 0.1) is 0 Å². The molecular weight excluding hydrogens is 364 g/mol. The average Bonchev–Trinajstić information content (AvgIpc) is 2.68. The van der Waals surface area contributed by atoms with Crippen molar-refractivity contribution in [1.29, 1.82) is 0 Å². The highest BCUT2D eigenvalue weighted by atomic mass is 32.2. The van der Waals surface area contributed by atoms with E-state index in [2.05, 4.69) is 5.32 Å². The monoisotopic (exact) mass is 390 g/mol. The first kappa shape index (κ1) is 20.9.